The van der Waals surface area contributed by atoms with E-state index in [2.05, 4.69) is 18.3 Å². The van der Waals surface area contributed by atoms with Crippen LogP contribution in [0.15, 0.2) is 24.3 Å². The van der Waals surface area contributed by atoms with Gasteiger partial charge in [-0.25, -0.2) is 0 Å². The van der Waals surface area contributed by atoms with Gasteiger partial charge in [-0.05, 0) is 23.4 Å². The van der Waals surface area contributed by atoms with Gasteiger partial charge in [-0.3, -0.25) is 4.79 Å². The number of nitrogens with two attached hydrogens (primary N) is 1. The molecule has 1 aromatic rings. The maximum absolute atomic E-state index is 11.1. The maximum Gasteiger partial charge on any atom is 0.238 e. The molecule has 0 saturated heterocycles. The molecule has 1 amide bonds. The van der Waals surface area contributed by atoms with Crippen LogP contribution in [0.3, 0.4) is 0 Å². The topological polar surface area (TPSA) is 55.1 Å². The van der Waals surface area contributed by atoms with Crippen molar-refractivity contribution in [2.24, 2.45) is 5.73 Å². The predicted octanol–water partition coefficient (Wildman–Crippen LogP) is 2.26. The SMILES string of the molecule is CCSCc1cccc(NC(=O)CN)c1.Cl. The molecule has 5 heteroatoms. The smallest absolute Gasteiger partial charge is 0.238 e. The van der Waals surface area contributed by atoms with E-state index in [9.17, 15) is 4.79 Å². The highest BCUT2D eigenvalue weighted by Crippen LogP contribution is 2.16. The second kappa shape index (κ2) is 8.44. The number of rotatable bonds is 5. The molecular formula is C11H17ClN2OS. The molecule has 0 fully saturated rings. The van der Waals surface area contributed by atoms with Crippen molar-refractivity contribution in [3.05, 3.63) is 29.8 Å². The molecule has 0 aromatic heterocycles. The zero-order chi connectivity index (χ0) is 11.1. The van der Waals surface area contributed by atoms with Gasteiger partial charge in [0.1, 0.15) is 0 Å². The van der Waals surface area contributed by atoms with Gasteiger partial charge >= 0.3 is 0 Å². The van der Waals surface area contributed by atoms with Crippen LogP contribution in [0.25, 0.3) is 0 Å². The van der Waals surface area contributed by atoms with Crippen molar-refractivity contribution in [2.45, 2.75) is 12.7 Å². The first-order valence-corrected chi connectivity index (χ1v) is 6.08. The number of thioether (sulfide) groups is 1. The van der Waals surface area contributed by atoms with Crippen LogP contribution in [0.5, 0.6) is 0 Å². The van der Waals surface area contributed by atoms with E-state index in [1.54, 1.807) is 0 Å². The van der Waals surface area contributed by atoms with Crippen molar-refractivity contribution in [3.63, 3.8) is 0 Å². The summed E-state index contributed by atoms with van der Waals surface area (Å²) >= 11 is 1.86. The van der Waals surface area contributed by atoms with E-state index in [-0.39, 0.29) is 24.9 Å². The lowest BCUT2D eigenvalue weighted by Gasteiger charge is -2.05. The van der Waals surface area contributed by atoms with Gasteiger partial charge in [0.15, 0.2) is 0 Å². The lowest BCUT2D eigenvalue weighted by molar-refractivity contribution is -0.114. The molecule has 0 radical (unpaired) electrons. The number of halogens is 1. The van der Waals surface area contributed by atoms with E-state index in [1.165, 1.54) is 5.56 Å². The van der Waals surface area contributed by atoms with Crippen molar-refractivity contribution < 1.29 is 4.79 Å². The van der Waals surface area contributed by atoms with Gasteiger partial charge in [0.05, 0.1) is 6.54 Å². The van der Waals surface area contributed by atoms with E-state index < -0.39 is 0 Å². The van der Waals surface area contributed by atoms with Crippen molar-refractivity contribution in [2.75, 3.05) is 17.6 Å². The lowest BCUT2D eigenvalue weighted by atomic mass is 10.2. The van der Waals surface area contributed by atoms with E-state index in [1.807, 2.05) is 30.0 Å². The van der Waals surface area contributed by atoms with Gasteiger partial charge in [-0.2, -0.15) is 11.8 Å². The molecule has 0 saturated carbocycles. The third-order valence-electron chi connectivity index (χ3n) is 1.87. The normalized spacial score (nSPS) is 9.38. The average molecular weight is 261 g/mol. The molecule has 0 unspecified atom stereocenters. The zero-order valence-electron chi connectivity index (χ0n) is 9.23. The fourth-order valence-corrected chi connectivity index (χ4v) is 1.79. The summed E-state index contributed by atoms with van der Waals surface area (Å²) in [7, 11) is 0. The molecule has 0 bridgehead atoms. The number of benzene rings is 1. The van der Waals surface area contributed by atoms with Crippen LogP contribution in [0.1, 0.15) is 12.5 Å². The highest BCUT2D eigenvalue weighted by atomic mass is 35.5. The molecule has 0 aliphatic heterocycles. The van der Waals surface area contributed by atoms with Crippen molar-refractivity contribution >= 4 is 35.8 Å². The molecule has 3 N–H and O–H groups in total. The Hall–Kier alpha value is -0.710. The molecule has 0 heterocycles. The molecule has 1 rings (SSSR count). The standard InChI is InChI=1S/C11H16N2OS.ClH/c1-2-15-8-9-4-3-5-10(6-9)13-11(14)7-12;/h3-6H,2,7-8,12H2,1H3,(H,13,14);1H. The minimum atomic E-state index is -0.157. The maximum atomic E-state index is 11.1. The number of amides is 1. The highest BCUT2D eigenvalue weighted by Gasteiger charge is 1.99. The van der Waals surface area contributed by atoms with E-state index in [0.717, 1.165) is 17.2 Å². The molecule has 16 heavy (non-hydrogen) atoms. The number of carbonyl (C=O) groups excluding carboxylic acids is 1. The molecule has 0 aliphatic carbocycles. The van der Waals surface area contributed by atoms with Crippen LogP contribution in [-0.2, 0) is 10.5 Å². The molecule has 3 nitrogen and oxygen atoms in total. The summed E-state index contributed by atoms with van der Waals surface area (Å²) in [6.45, 7) is 2.15. The van der Waals surface area contributed by atoms with Crippen LogP contribution >= 0.6 is 24.2 Å². The van der Waals surface area contributed by atoms with E-state index in [0.29, 0.717) is 0 Å². The fourth-order valence-electron chi connectivity index (χ4n) is 1.17. The monoisotopic (exact) mass is 260 g/mol. The Morgan fingerprint density at radius 2 is 2.25 bits per heavy atom. The third kappa shape index (κ3) is 5.39. The Labute approximate surface area is 107 Å². The summed E-state index contributed by atoms with van der Waals surface area (Å²) in [5, 5.41) is 2.74. The van der Waals surface area contributed by atoms with Crippen molar-refractivity contribution in [3.8, 4) is 0 Å². The number of nitrogens with one attached hydrogen (secondary N) is 1. The summed E-state index contributed by atoms with van der Waals surface area (Å²) < 4.78 is 0. The van der Waals surface area contributed by atoms with Gasteiger partial charge in [0.2, 0.25) is 5.91 Å². The highest BCUT2D eigenvalue weighted by molar-refractivity contribution is 7.98. The Balaban J connectivity index is 0.00000225. The van der Waals surface area contributed by atoms with E-state index >= 15 is 0 Å². The first-order valence-electron chi connectivity index (χ1n) is 4.93. The molecule has 0 spiro atoms. The number of carbonyl (C=O) groups is 1. The molecule has 1 aromatic carbocycles. The van der Waals surface area contributed by atoms with Crippen molar-refractivity contribution in [1.29, 1.82) is 0 Å². The fraction of sp³-hybridized carbons (Fsp3) is 0.364. The minimum Gasteiger partial charge on any atom is -0.325 e. The number of hydrogen-bond donors (Lipinski definition) is 2. The van der Waals surface area contributed by atoms with Gasteiger partial charge in [-0.15, -0.1) is 12.4 Å². The van der Waals surface area contributed by atoms with Crippen LogP contribution in [-0.4, -0.2) is 18.2 Å². The zero-order valence-corrected chi connectivity index (χ0v) is 10.9. The van der Waals surface area contributed by atoms with E-state index in [4.69, 9.17) is 5.73 Å². The Bertz CT molecular complexity index is 334. The predicted molar refractivity (Wildman–Crippen MR) is 73.2 cm³/mol. The van der Waals surface area contributed by atoms with Crippen LogP contribution in [0, 0.1) is 0 Å². The Kier molecular flexibility index (Phi) is 8.07. The molecule has 0 atom stereocenters. The van der Waals surface area contributed by atoms with Crippen molar-refractivity contribution in [1.82, 2.24) is 0 Å². The van der Waals surface area contributed by atoms with Gasteiger partial charge < -0.3 is 11.1 Å². The number of anilines is 1. The van der Waals surface area contributed by atoms with Crippen LogP contribution in [0.2, 0.25) is 0 Å². The van der Waals surface area contributed by atoms with Crippen LogP contribution in [0.4, 0.5) is 5.69 Å². The first kappa shape index (κ1) is 15.3. The Morgan fingerprint density at radius 3 is 2.88 bits per heavy atom. The average Bonchev–Trinajstić information content (AvgIpc) is 2.26. The van der Waals surface area contributed by atoms with Gasteiger partial charge in [-0.1, -0.05) is 19.1 Å². The van der Waals surface area contributed by atoms with Gasteiger partial charge in [0, 0.05) is 11.4 Å². The van der Waals surface area contributed by atoms with Gasteiger partial charge in [0.25, 0.3) is 0 Å². The largest absolute Gasteiger partial charge is 0.325 e. The summed E-state index contributed by atoms with van der Waals surface area (Å²) in [4.78, 5) is 11.1. The number of hydrogen-bond acceptors (Lipinski definition) is 3. The summed E-state index contributed by atoms with van der Waals surface area (Å²) in [6.07, 6.45) is 0. The summed E-state index contributed by atoms with van der Waals surface area (Å²) in [6, 6.07) is 7.85. The quantitative estimate of drug-likeness (QED) is 0.854. The second-order valence-electron chi connectivity index (χ2n) is 3.09. The third-order valence-corrected chi connectivity index (χ3v) is 2.81. The minimum absolute atomic E-state index is 0. The molecule has 90 valence electrons. The summed E-state index contributed by atoms with van der Waals surface area (Å²) in [5.74, 6) is 1.91. The lowest BCUT2D eigenvalue weighted by Crippen LogP contribution is -2.21. The Morgan fingerprint density at radius 1 is 1.50 bits per heavy atom. The molecule has 0 aliphatic rings. The van der Waals surface area contributed by atoms with Crippen LogP contribution < -0.4 is 11.1 Å². The summed E-state index contributed by atoms with van der Waals surface area (Å²) in [5.41, 5.74) is 7.26. The second-order valence-corrected chi connectivity index (χ2v) is 4.36. The molecular weight excluding hydrogens is 244 g/mol. The first-order chi connectivity index (χ1) is 7.26.